The number of para-hydroxylation sites is 1. The number of hydrogen-bond donors (Lipinski definition) is 1. The van der Waals surface area contributed by atoms with Gasteiger partial charge in [0.2, 0.25) is 5.91 Å². The van der Waals surface area contributed by atoms with E-state index in [9.17, 15) is 4.79 Å². The van der Waals surface area contributed by atoms with Crippen molar-refractivity contribution in [3.63, 3.8) is 0 Å². The molecule has 5 nitrogen and oxygen atoms in total. The van der Waals surface area contributed by atoms with E-state index in [-0.39, 0.29) is 12.0 Å². The summed E-state index contributed by atoms with van der Waals surface area (Å²) in [6.07, 6.45) is 5.30. The molecule has 1 atom stereocenters. The van der Waals surface area contributed by atoms with Crippen LogP contribution in [0.15, 0.2) is 48.5 Å². The van der Waals surface area contributed by atoms with Crippen LogP contribution in [0.3, 0.4) is 0 Å². The molecule has 2 aromatic carbocycles. The van der Waals surface area contributed by atoms with E-state index in [1.54, 1.807) is 24.3 Å². The van der Waals surface area contributed by atoms with Crippen LogP contribution in [0.5, 0.6) is 11.5 Å². The summed E-state index contributed by atoms with van der Waals surface area (Å²) in [5.74, 6) is 1.02. The topological polar surface area (TPSA) is 56.8 Å². The minimum atomic E-state index is -0.282. The lowest BCUT2D eigenvalue weighted by atomic mass is 10.2. The van der Waals surface area contributed by atoms with E-state index in [2.05, 4.69) is 5.32 Å². The first-order chi connectivity index (χ1) is 13.7. The van der Waals surface area contributed by atoms with Gasteiger partial charge in [-0.3, -0.25) is 4.79 Å². The molecule has 0 aromatic heterocycles. The first-order valence-corrected chi connectivity index (χ1v) is 9.78. The summed E-state index contributed by atoms with van der Waals surface area (Å²) in [4.78, 5) is 12.4. The Morgan fingerprint density at radius 3 is 2.89 bits per heavy atom. The molecule has 0 spiro atoms. The molecule has 0 aliphatic carbocycles. The number of amides is 1. The van der Waals surface area contributed by atoms with Gasteiger partial charge >= 0.3 is 0 Å². The predicted octanol–water partition coefficient (Wildman–Crippen LogP) is 4.95. The number of benzene rings is 2. The van der Waals surface area contributed by atoms with E-state index in [1.807, 2.05) is 31.2 Å². The van der Waals surface area contributed by atoms with Gasteiger partial charge in [0.05, 0.1) is 18.4 Å². The van der Waals surface area contributed by atoms with Gasteiger partial charge in [0.15, 0.2) is 0 Å². The van der Waals surface area contributed by atoms with Gasteiger partial charge in [-0.2, -0.15) is 0 Å². The summed E-state index contributed by atoms with van der Waals surface area (Å²) in [7, 11) is 0. The lowest BCUT2D eigenvalue weighted by Gasteiger charge is -2.15. The average molecular weight is 402 g/mol. The normalized spacial score (nSPS) is 16.3. The molecule has 6 heteroatoms. The molecule has 1 heterocycles. The summed E-state index contributed by atoms with van der Waals surface area (Å²) in [6.45, 7) is 3.70. The van der Waals surface area contributed by atoms with Gasteiger partial charge in [0, 0.05) is 23.3 Å². The molecule has 3 rings (SSSR count). The standard InChI is InChI=1S/C22H24ClNO4/c1-2-26-20-8-4-3-6-16(20)9-12-22(25)24-19-14-17(23)10-11-21(19)28-15-18-7-5-13-27-18/h3-4,6,8-12,14,18H,2,5,7,13,15H2,1H3,(H,24,25). The molecule has 1 aliphatic heterocycles. The van der Waals surface area contributed by atoms with Crippen LogP contribution < -0.4 is 14.8 Å². The van der Waals surface area contributed by atoms with Crippen LogP contribution in [-0.2, 0) is 9.53 Å². The summed E-state index contributed by atoms with van der Waals surface area (Å²) >= 11 is 6.09. The quantitative estimate of drug-likeness (QED) is 0.636. The van der Waals surface area contributed by atoms with Crippen molar-refractivity contribution in [2.75, 3.05) is 25.1 Å². The van der Waals surface area contributed by atoms with Crippen molar-refractivity contribution < 1.29 is 19.0 Å². The van der Waals surface area contributed by atoms with E-state index >= 15 is 0 Å². The summed E-state index contributed by atoms with van der Waals surface area (Å²) in [5.41, 5.74) is 1.36. The monoisotopic (exact) mass is 401 g/mol. The predicted molar refractivity (Wildman–Crippen MR) is 111 cm³/mol. The van der Waals surface area contributed by atoms with E-state index in [1.165, 1.54) is 6.08 Å². The lowest BCUT2D eigenvalue weighted by molar-refractivity contribution is -0.111. The third-order valence-corrected chi connectivity index (χ3v) is 4.52. The molecule has 1 unspecified atom stereocenters. The number of nitrogens with one attached hydrogen (secondary N) is 1. The highest BCUT2D eigenvalue weighted by Gasteiger charge is 2.17. The molecule has 1 saturated heterocycles. The number of halogens is 1. The van der Waals surface area contributed by atoms with Crippen molar-refractivity contribution in [1.82, 2.24) is 0 Å². The number of carbonyl (C=O) groups is 1. The van der Waals surface area contributed by atoms with Crippen molar-refractivity contribution >= 4 is 29.3 Å². The Labute approximate surface area is 170 Å². The molecule has 1 fully saturated rings. The third-order valence-electron chi connectivity index (χ3n) is 4.28. The fourth-order valence-corrected chi connectivity index (χ4v) is 3.10. The van der Waals surface area contributed by atoms with Gasteiger partial charge < -0.3 is 19.5 Å². The maximum atomic E-state index is 12.4. The van der Waals surface area contributed by atoms with Crippen LogP contribution in [0, 0.1) is 0 Å². The van der Waals surface area contributed by atoms with Gasteiger partial charge in [0.1, 0.15) is 18.1 Å². The van der Waals surface area contributed by atoms with E-state index in [4.69, 9.17) is 25.8 Å². The van der Waals surface area contributed by atoms with Crippen LogP contribution in [0.1, 0.15) is 25.3 Å². The number of anilines is 1. The zero-order valence-corrected chi connectivity index (χ0v) is 16.6. The largest absolute Gasteiger partial charge is 0.493 e. The fraction of sp³-hybridized carbons (Fsp3) is 0.318. The maximum Gasteiger partial charge on any atom is 0.248 e. The lowest BCUT2D eigenvalue weighted by Crippen LogP contribution is -2.17. The molecule has 0 bridgehead atoms. The van der Waals surface area contributed by atoms with E-state index < -0.39 is 0 Å². The second-order valence-electron chi connectivity index (χ2n) is 6.38. The second-order valence-corrected chi connectivity index (χ2v) is 6.82. The molecule has 0 saturated carbocycles. The Morgan fingerprint density at radius 2 is 2.11 bits per heavy atom. The molecular formula is C22H24ClNO4. The third kappa shape index (κ3) is 5.75. The second kappa shape index (κ2) is 10.2. The maximum absolute atomic E-state index is 12.4. The number of carbonyl (C=O) groups excluding carboxylic acids is 1. The minimum Gasteiger partial charge on any atom is -0.493 e. The molecule has 148 valence electrons. The number of hydrogen-bond acceptors (Lipinski definition) is 4. The molecule has 0 radical (unpaired) electrons. The molecular weight excluding hydrogens is 378 g/mol. The molecule has 1 amide bonds. The smallest absolute Gasteiger partial charge is 0.248 e. The van der Waals surface area contributed by atoms with Gasteiger partial charge in [-0.25, -0.2) is 0 Å². The van der Waals surface area contributed by atoms with Crippen molar-refractivity contribution in [2.45, 2.75) is 25.9 Å². The highest BCUT2D eigenvalue weighted by Crippen LogP contribution is 2.29. The molecule has 28 heavy (non-hydrogen) atoms. The van der Waals surface area contributed by atoms with Crippen molar-refractivity contribution in [2.24, 2.45) is 0 Å². The van der Waals surface area contributed by atoms with Crippen LogP contribution in [0.2, 0.25) is 5.02 Å². The number of ether oxygens (including phenoxy) is 3. The first-order valence-electron chi connectivity index (χ1n) is 9.40. The molecule has 1 N–H and O–H groups in total. The Hall–Kier alpha value is -2.50. The van der Waals surface area contributed by atoms with Gasteiger partial charge in [-0.15, -0.1) is 0 Å². The SMILES string of the molecule is CCOc1ccccc1C=CC(=O)Nc1cc(Cl)ccc1OCC1CCCO1. The first kappa shape index (κ1) is 20.2. The van der Waals surface area contributed by atoms with Crippen LogP contribution >= 0.6 is 11.6 Å². The fourth-order valence-electron chi connectivity index (χ4n) is 2.93. The van der Waals surface area contributed by atoms with Gasteiger partial charge in [0.25, 0.3) is 0 Å². The summed E-state index contributed by atoms with van der Waals surface area (Å²) < 4.78 is 17.0. The van der Waals surface area contributed by atoms with Crippen molar-refractivity contribution in [3.8, 4) is 11.5 Å². The van der Waals surface area contributed by atoms with Gasteiger partial charge in [-0.1, -0.05) is 29.8 Å². The average Bonchev–Trinajstić information content (AvgIpc) is 3.20. The van der Waals surface area contributed by atoms with Crippen LogP contribution in [-0.4, -0.2) is 31.8 Å². The number of rotatable bonds is 8. The van der Waals surface area contributed by atoms with Gasteiger partial charge in [-0.05, 0) is 50.1 Å². The van der Waals surface area contributed by atoms with Crippen LogP contribution in [0.4, 0.5) is 5.69 Å². The summed E-state index contributed by atoms with van der Waals surface area (Å²) in [6, 6.07) is 12.7. The highest BCUT2D eigenvalue weighted by atomic mass is 35.5. The van der Waals surface area contributed by atoms with Crippen LogP contribution in [0.25, 0.3) is 6.08 Å². The Bertz CT molecular complexity index is 831. The zero-order valence-electron chi connectivity index (χ0n) is 15.8. The van der Waals surface area contributed by atoms with E-state index in [0.717, 1.165) is 30.8 Å². The zero-order chi connectivity index (χ0) is 19.8. The van der Waals surface area contributed by atoms with Crippen molar-refractivity contribution in [1.29, 1.82) is 0 Å². The Kier molecular flexibility index (Phi) is 7.34. The molecule has 1 aliphatic rings. The Morgan fingerprint density at radius 1 is 1.25 bits per heavy atom. The van der Waals surface area contributed by atoms with E-state index in [0.29, 0.717) is 29.7 Å². The molecule has 2 aromatic rings. The van der Waals surface area contributed by atoms with Crippen molar-refractivity contribution in [3.05, 3.63) is 59.1 Å². The summed E-state index contributed by atoms with van der Waals surface area (Å²) in [5, 5.41) is 3.35. The Balaban J connectivity index is 1.66. The highest BCUT2D eigenvalue weighted by molar-refractivity contribution is 6.31. The minimum absolute atomic E-state index is 0.0918.